The van der Waals surface area contributed by atoms with E-state index in [9.17, 15) is 12.8 Å². The largest absolute Gasteiger partial charge is 0.396 e. The SMILES string of the molecule is CC(CCO)CNS(=O)(=O)c1ccc(Br)c(F)c1. The second-order valence-electron chi connectivity index (χ2n) is 4.05. The van der Waals surface area contributed by atoms with E-state index >= 15 is 0 Å². The minimum Gasteiger partial charge on any atom is -0.396 e. The van der Waals surface area contributed by atoms with Crippen LogP contribution in [0.1, 0.15) is 13.3 Å². The predicted molar refractivity (Wildman–Crippen MR) is 70.2 cm³/mol. The molecule has 0 spiro atoms. The zero-order valence-electron chi connectivity index (χ0n) is 9.86. The summed E-state index contributed by atoms with van der Waals surface area (Å²) in [6, 6.07) is 3.64. The van der Waals surface area contributed by atoms with E-state index in [-0.39, 0.29) is 28.4 Å². The fourth-order valence-corrected chi connectivity index (χ4v) is 2.72. The zero-order valence-corrected chi connectivity index (χ0v) is 12.3. The van der Waals surface area contributed by atoms with E-state index in [1.165, 1.54) is 12.1 Å². The minimum absolute atomic E-state index is 0.00973. The van der Waals surface area contributed by atoms with Crippen molar-refractivity contribution >= 4 is 26.0 Å². The summed E-state index contributed by atoms with van der Waals surface area (Å²) >= 11 is 2.96. The summed E-state index contributed by atoms with van der Waals surface area (Å²) in [4.78, 5) is -0.112. The Hall–Kier alpha value is -0.500. The van der Waals surface area contributed by atoms with Crippen LogP contribution in [0, 0.1) is 11.7 Å². The molecule has 0 heterocycles. The number of benzene rings is 1. The number of hydrogen-bond donors (Lipinski definition) is 2. The number of aliphatic hydroxyl groups is 1. The molecule has 0 saturated carbocycles. The van der Waals surface area contributed by atoms with Crippen LogP contribution in [0.4, 0.5) is 4.39 Å². The quantitative estimate of drug-likeness (QED) is 0.831. The minimum atomic E-state index is -3.71. The Labute approximate surface area is 114 Å². The highest BCUT2D eigenvalue weighted by atomic mass is 79.9. The third-order valence-electron chi connectivity index (χ3n) is 2.45. The zero-order chi connectivity index (χ0) is 13.8. The van der Waals surface area contributed by atoms with Crippen molar-refractivity contribution in [3.8, 4) is 0 Å². The van der Waals surface area contributed by atoms with Gasteiger partial charge in [-0.05, 0) is 46.5 Å². The van der Waals surface area contributed by atoms with Gasteiger partial charge in [-0.25, -0.2) is 17.5 Å². The first-order valence-electron chi connectivity index (χ1n) is 5.42. The highest BCUT2D eigenvalue weighted by Gasteiger charge is 2.16. The summed E-state index contributed by atoms with van der Waals surface area (Å²) in [6.45, 7) is 2.04. The molecule has 102 valence electrons. The number of aliphatic hydroxyl groups excluding tert-OH is 1. The first-order valence-corrected chi connectivity index (χ1v) is 7.70. The summed E-state index contributed by atoms with van der Waals surface area (Å²) in [5.74, 6) is -0.605. The standard InChI is InChI=1S/C11H15BrFNO3S/c1-8(4-5-15)7-14-18(16,17)9-2-3-10(12)11(13)6-9/h2-3,6,8,14-15H,4-5,7H2,1H3. The lowest BCUT2D eigenvalue weighted by Crippen LogP contribution is -2.28. The van der Waals surface area contributed by atoms with Crippen molar-refractivity contribution in [2.45, 2.75) is 18.2 Å². The van der Waals surface area contributed by atoms with Gasteiger partial charge in [0.05, 0.1) is 9.37 Å². The molecule has 18 heavy (non-hydrogen) atoms. The van der Waals surface area contributed by atoms with Gasteiger partial charge in [-0.1, -0.05) is 6.92 Å². The Balaban J connectivity index is 2.77. The Bertz CT molecular complexity index is 507. The molecule has 1 aromatic carbocycles. The van der Waals surface area contributed by atoms with Crippen molar-refractivity contribution in [3.05, 3.63) is 28.5 Å². The van der Waals surface area contributed by atoms with Gasteiger partial charge in [0, 0.05) is 13.2 Å². The third-order valence-corrected chi connectivity index (χ3v) is 4.51. The first-order chi connectivity index (χ1) is 8.36. The average Bonchev–Trinajstić information content (AvgIpc) is 2.30. The van der Waals surface area contributed by atoms with Crippen molar-refractivity contribution in [3.63, 3.8) is 0 Å². The molecular formula is C11H15BrFNO3S. The van der Waals surface area contributed by atoms with Crippen LogP contribution in [0.5, 0.6) is 0 Å². The molecule has 0 aliphatic rings. The van der Waals surface area contributed by atoms with Crippen molar-refractivity contribution < 1.29 is 17.9 Å². The number of halogens is 2. The molecule has 0 amide bonds. The summed E-state index contributed by atoms with van der Waals surface area (Å²) in [5, 5.41) is 8.72. The van der Waals surface area contributed by atoms with Crippen LogP contribution in [0.2, 0.25) is 0 Å². The normalized spacial score (nSPS) is 13.6. The molecule has 0 aromatic heterocycles. The molecule has 4 nitrogen and oxygen atoms in total. The van der Waals surface area contributed by atoms with E-state index < -0.39 is 15.8 Å². The van der Waals surface area contributed by atoms with Gasteiger partial charge in [0.1, 0.15) is 5.82 Å². The van der Waals surface area contributed by atoms with Crippen molar-refractivity contribution in [1.82, 2.24) is 4.72 Å². The van der Waals surface area contributed by atoms with E-state index in [0.29, 0.717) is 6.42 Å². The summed E-state index contributed by atoms with van der Waals surface area (Å²) < 4.78 is 39.6. The van der Waals surface area contributed by atoms with Gasteiger partial charge in [-0.2, -0.15) is 0 Å². The van der Waals surface area contributed by atoms with E-state index in [1.807, 2.05) is 6.92 Å². The highest BCUT2D eigenvalue weighted by Crippen LogP contribution is 2.19. The Morgan fingerprint density at radius 3 is 2.72 bits per heavy atom. The second kappa shape index (κ2) is 6.60. The molecular weight excluding hydrogens is 325 g/mol. The highest BCUT2D eigenvalue weighted by molar-refractivity contribution is 9.10. The van der Waals surface area contributed by atoms with Crippen LogP contribution in [-0.4, -0.2) is 26.7 Å². The molecule has 0 bridgehead atoms. The summed E-state index contributed by atoms with van der Waals surface area (Å²) in [6.07, 6.45) is 0.511. The van der Waals surface area contributed by atoms with Gasteiger partial charge in [0.15, 0.2) is 0 Å². The number of sulfonamides is 1. The van der Waals surface area contributed by atoms with Gasteiger partial charge in [0.25, 0.3) is 0 Å². The smallest absolute Gasteiger partial charge is 0.240 e. The molecule has 0 aliphatic carbocycles. The number of nitrogens with one attached hydrogen (secondary N) is 1. The van der Waals surface area contributed by atoms with E-state index in [2.05, 4.69) is 20.7 Å². The second-order valence-corrected chi connectivity index (χ2v) is 6.67. The van der Waals surface area contributed by atoms with Crippen LogP contribution in [0.25, 0.3) is 0 Å². The maximum Gasteiger partial charge on any atom is 0.240 e. The van der Waals surface area contributed by atoms with Gasteiger partial charge in [-0.15, -0.1) is 0 Å². The monoisotopic (exact) mass is 339 g/mol. The van der Waals surface area contributed by atoms with Gasteiger partial charge in [0.2, 0.25) is 10.0 Å². The van der Waals surface area contributed by atoms with E-state index in [1.54, 1.807) is 0 Å². The van der Waals surface area contributed by atoms with Crippen LogP contribution in [0.15, 0.2) is 27.6 Å². The van der Waals surface area contributed by atoms with E-state index in [4.69, 9.17) is 5.11 Å². The van der Waals surface area contributed by atoms with Crippen LogP contribution in [-0.2, 0) is 10.0 Å². The molecule has 0 radical (unpaired) electrons. The van der Waals surface area contributed by atoms with Gasteiger partial charge >= 0.3 is 0 Å². The molecule has 2 N–H and O–H groups in total. The summed E-state index contributed by atoms with van der Waals surface area (Å²) in [5.41, 5.74) is 0. The molecule has 0 saturated heterocycles. The summed E-state index contributed by atoms with van der Waals surface area (Å²) in [7, 11) is -3.71. The lowest BCUT2D eigenvalue weighted by molar-refractivity contribution is 0.263. The van der Waals surface area contributed by atoms with Crippen molar-refractivity contribution in [2.24, 2.45) is 5.92 Å². The lowest BCUT2D eigenvalue weighted by atomic mass is 10.1. The Morgan fingerprint density at radius 2 is 2.17 bits per heavy atom. The molecule has 1 atom stereocenters. The topological polar surface area (TPSA) is 66.4 Å². The number of hydrogen-bond acceptors (Lipinski definition) is 3. The Kier molecular flexibility index (Phi) is 5.71. The molecule has 1 unspecified atom stereocenters. The first kappa shape index (κ1) is 15.6. The molecule has 7 heteroatoms. The maximum absolute atomic E-state index is 13.3. The van der Waals surface area contributed by atoms with E-state index in [0.717, 1.165) is 6.07 Å². The Morgan fingerprint density at radius 1 is 1.50 bits per heavy atom. The molecule has 0 fully saturated rings. The maximum atomic E-state index is 13.3. The van der Waals surface area contributed by atoms with Crippen LogP contribution in [0.3, 0.4) is 0 Å². The van der Waals surface area contributed by atoms with Crippen molar-refractivity contribution in [1.29, 1.82) is 0 Å². The van der Waals surface area contributed by atoms with Gasteiger partial charge < -0.3 is 5.11 Å². The van der Waals surface area contributed by atoms with Crippen LogP contribution < -0.4 is 4.72 Å². The fraction of sp³-hybridized carbons (Fsp3) is 0.455. The third kappa shape index (κ3) is 4.31. The fourth-order valence-electron chi connectivity index (χ4n) is 1.30. The van der Waals surface area contributed by atoms with Crippen LogP contribution >= 0.6 is 15.9 Å². The lowest BCUT2D eigenvalue weighted by Gasteiger charge is -2.11. The average molecular weight is 340 g/mol. The van der Waals surface area contributed by atoms with Crippen molar-refractivity contribution in [2.75, 3.05) is 13.2 Å². The molecule has 1 rings (SSSR count). The molecule has 0 aliphatic heterocycles. The number of rotatable bonds is 6. The predicted octanol–water partition coefficient (Wildman–Crippen LogP) is 1.89. The molecule has 1 aromatic rings. The van der Waals surface area contributed by atoms with Gasteiger partial charge in [-0.3, -0.25) is 0 Å².